The van der Waals surface area contributed by atoms with Crippen LogP contribution in [0.3, 0.4) is 0 Å². The fourth-order valence-corrected chi connectivity index (χ4v) is 2.00. The van der Waals surface area contributed by atoms with Gasteiger partial charge in [0.15, 0.2) is 0 Å². The third kappa shape index (κ3) is 2.69. The minimum atomic E-state index is 0.403. The van der Waals surface area contributed by atoms with Gasteiger partial charge in [0.25, 0.3) is 0 Å². The van der Waals surface area contributed by atoms with E-state index in [2.05, 4.69) is 32.9 Å². The highest BCUT2D eigenvalue weighted by Gasteiger charge is 2.15. The highest BCUT2D eigenvalue weighted by Crippen LogP contribution is 2.36. The van der Waals surface area contributed by atoms with Gasteiger partial charge in [-0.2, -0.15) is 0 Å². The molecule has 0 atom stereocenters. The molecule has 0 fully saturated rings. The Hall–Kier alpha value is -1.18. The summed E-state index contributed by atoms with van der Waals surface area (Å²) in [5, 5.41) is 0. The zero-order valence-corrected chi connectivity index (χ0v) is 11.0. The van der Waals surface area contributed by atoms with Crippen molar-refractivity contribution in [3.63, 3.8) is 0 Å². The predicted octanol–water partition coefficient (Wildman–Crippen LogP) is 3.78. The van der Waals surface area contributed by atoms with E-state index < -0.39 is 0 Å². The summed E-state index contributed by atoms with van der Waals surface area (Å²) in [6.07, 6.45) is 2.19. The smallest absolute Gasteiger partial charge is 0.126 e. The average Bonchev–Trinajstić information content (AvgIpc) is 2.27. The molecule has 1 rings (SSSR count). The number of aryl methyl sites for hydroxylation is 1. The summed E-state index contributed by atoms with van der Waals surface area (Å²) in [6, 6.07) is 4.25. The van der Waals surface area contributed by atoms with Gasteiger partial charge in [0.2, 0.25) is 0 Å². The second-order valence-electron chi connectivity index (χ2n) is 4.32. The molecule has 0 radical (unpaired) electrons. The van der Waals surface area contributed by atoms with Crippen LogP contribution in [0.25, 0.3) is 0 Å². The van der Waals surface area contributed by atoms with Crippen LogP contribution in [0.4, 0.5) is 0 Å². The minimum absolute atomic E-state index is 0.403. The van der Waals surface area contributed by atoms with Gasteiger partial charge in [-0.3, -0.25) is 0 Å². The highest BCUT2D eigenvalue weighted by atomic mass is 16.5. The first-order valence-corrected chi connectivity index (χ1v) is 5.88. The molecule has 0 aliphatic rings. The van der Waals surface area contributed by atoms with E-state index in [-0.39, 0.29) is 0 Å². The monoisotopic (exact) mass is 222 g/mol. The van der Waals surface area contributed by atoms with Crippen LogP contribution in [-0.4, -0.2) is 14.2 Å². The number of methoxy groups -OCH3 is 2. The van der Waals surface area contributed by atoms with Gasteiger partial charge in [0.1, 0.15) is 11.5 Å². The van der Waals surface area contributed by atoms with E-state index in [1.165, 1.54) is 5.56 Å². The Balaban J connectivity index is 3.25. The molecule has 0 amide bonds. The summed E-state index contributed by atoms with van der Waals surface area (Å²) in [6.45, 7) is 6.48. The van der Waals surface area contributed by atoms with Gasteiger partial charge in [-0.05, 0) is 30.0 Å². The number of benzene rings is 1. The molecule has 0 bridgehead atoms. The molecule has 1 aromatic carbocycles. The van der Waals surface area contributed by atoms with E-state index in [0.29, 0.717) is 5.92 Å². The topological polar surface area (TPSA) is 18.5 Å². The molecular formula is C14H22O2. The van der Waals surface area contributed by atoms with Crippen molar-refractivity contribution in [1.82, 2.24) is 0 Å². The summed E-state index contributed by atoms with van der Waals surface area (Å²) < 4.78 is 10.9. The lowest BCUT2D eigenvalue weighted by Gasteiger charge is -2.17. The fraction of sp³-hybridized carbons (Fsp3) is 0.571. The Bertz CT molecular complexity index is 318. The molecule has 0 aliphatic heterocycles. The molecule has 0 saturated heterocycles. The first-order chi connectivity index (χ1) is 7.63. The van der Waals surface area contributed by atoms with Gasteiger partial charge >= 0.3 is 0 Å². The molecule has 0 aliphatic carbocycles. The lowest BCUT2D eigenvalue weighted by molar-refractivity contribution is 0.381. The van der Waals surface area contributed by atoms with Crippen LogP contribution in [0, 0.1) is 0 Å². The molecule has 1 aromatic rings. The lowest BCUT2D eigenvalue weighted by Crippen LogP contribution is -2.00. The third-order valence-electron chi connectivity index (χ3n) is 2.72. The van der Waals surface area contributed by atoms with Crippen molar-refractivity contribution in [2.24, 2.45) is 0 Å². The van der Waals surface area contributed by atoms with E-state index in [0.717, 1.165) is 29.9 Å². The maximum absolute atomic E-state index is 5.46. The maximum atomic E-state index is 5.46. The van der Waals surface area contributed by atoms with Gasteiger partial charge in [-0.1, -0.05) is 27.2 Å². The van der Waals surface area contributed by atoms with Gasteiger partial charge in [-0.15, -0.1) is 0 Å². The first-order valence-electron chi connectivity index (χ1n) is 5.88. The standard InChI is InChI=1S/C14H22O2/c1-6-7-11-8-12(15-4)14(10(2)3)13(9-11)16-5/h8-10H,6-7H2,1-5H3. The van der Waals surface area contributed by atoms with Gasteiger partial charge in [-0.25, -0.2) is 0 Å². The van der Waals surface area contributed by atoms with Crippen LogP contribution >= 0.6 is 0 Å². The summed E-state index contributed by atoms with van der Waals surface area (Å²) in [5.74, 6) is 2.29. The Morgan fingerprint density at radius 2 is 1.56 bits per heavy atom. The van der Waals surface area contributed by atoms with Crippen LogP contribution in [0.15, 0.2) is 12.1 Å². The highest BCUT2D eigenvalue weighted by molar-refractivity contribution is 5.49. The fourth-order valence-electron chi connectivity index (χ4n) is 2.00. The van der Waals surface area contributed by atoms with Crippen LogP contribution in [-0.2, 0) is 6.42 Å². The summed E-state index contributed by atoms with van der Waals surface area (Å²) in [5.41, 5.74) is 2.44. The first kappa shape index (κ1) is 12.9. The van der Waals surface area contributed by atoms with Crippen molar-refractivity contribution in [2.45, 2.75) is 39.5 Å². The van der Waals surface area contributed by atoms with E-state index in [4.69, 9.17) is 9.47 Å². The molecule has 0 heterocycles. The Labute approximate surface area is 98.6 Å². The quantitative estimate of drug-likeness (QED) is 0.754. The third-order valence-corrected chi connectivity index (χ3v) is 2.72. The van der Waals surface area contributed by atoms with Crippen molar-refractivity contribution in [2.75, 3.05) is 14.2 Å². The van der Waals surface area contributed by atoms with Crippen LogP contribution < -0.4 is 9.47 Å². The number of hydrogen-bond donors (Lipinski definition) is 0. The number of rotatable bonds is 5. The van der Waals surface area contributed by atoms with Crippen molar-refractivity contribution in [3.8, 4) is 11.5 Å². The zero-order chi connectivity index (χ0) is 12.1. The second-order valence-corrected chi connectivity index (χ2v) is 4.32. The molecule has 0 aromatic heterocycles. The molecule has 16 heavy (non-hydrogen) atoms. The largest absolute Gasteiger partial charge is 0.496 e. The summed E-state index contributed by atoms with van der Waals surface area (Å²) in [7, 11) is 3.44. The number of ether oxygens (including phenoxy) is 2. The average molecular weight is 222 g/mol. The van der Waals surface area contributed by atoms with Gasteiger partial charge < -0.3 is 9.47 Å². The van der Waals surface area contributed by atoms with E-state index in [1.807, 2.05) is 0 Å². The zero-order valence-electron chi connectivity index (χ0n) is 11.0. The van der Waals surface area contributed by atoms with Crippen molar-refractivity contribution in [1.29, 1.82) is 0 Å². The van der Waals surface area contributed by atoms with Crippen molar-refractivity contribution in [3.05, 3.63) is 23.3 Å². The number of hydrogen-bond acceptors (Lipinski definition) is 2. The van der Waals surface area contributed by atoms with Gasteiger partial charge in [0.05, 0.1) is 14.2 Å². The Morgan fingerprint density at radius 1 is 1.06 bits per heavy atom. The van der Waals surface area contributed by atoms with E-state index >= 15 is 0 Å². The van der Waals surface area contributed by atoms with Crippen LogP contribution in [0.1, 0.15) is 44.2 Å². The van der Waals surface area contributed by atoms with Gasteiger partial charge in [0, 0.05) is 5.56 Å². The molecule has 0 unspecified atom stereocenters. The molecule has 90 valence electrons. The SMILES string of the molecule is CCCc1cc(OC)c(C(C)C)c(OC)c1. The molecular weight excluding hydrogens is 200 g/mol. The minimum Gasteiger partial charge on any atom is -0.496 e. The molecule has 0 spiro atoms. The summed E-state index contributed by atoms with van der Waals surface area (Å²) >= 11 is 0. The van der Waals surface area contributed by atoms with Crippen molar-refractivity contribution < 1.29 is 9.47 Å². The van der Waals surface area contributed by atoms with Crippen LogP contribution in [0.5, 0.6) is 11.5 Å². The molecule has 0 N–H and O–H groups in total. The lowest BCUT2D eigenvalue weighted by atomic mass is 9.97. The second kappa shape index (κ2) is 5.78. The molecule has 0 saturated carbocycles. The molecule has 2 heteroatoms. The van der Waals surface area contributed by atoms with Crippen LogP contribution in [0.2, 0.25) is 0 Å². The molecule has 2 nitrogen and oxygen atoms in total. The predicted molar refractivity (Wildman–Crippen MR) is 67.6 cm³/mol. The Morgan fingerprint density at radius 3 is 1.88 bits per heavy atom. The maximum Gasteiger partial charge on any atom is 0.126 e. The Kier molecular flexibility index (Phi) is 4.66. The van der Waals surface area contributed by atoms with E-state index in [1.54, 1.807) is 14.2 Å². The summed E-state index contributed by atoms with van der Waals surface area (Å²) in [4.78, 5) is 0. The normalized spacial score (nSPS) is 10.6. The van der Waals surface area contributed by atoms with Crippen molar-refractivity contribution >= 4 is 0 Å². The van der Waals surface area contributed by atoms with E-state index in [9.17, 15) is 0 Å².